The van der Waals surface area contributed by atoms with Gasteiger partial charge in [-0.3, -0.25) is 14.4 Å². The molecule has 4 aliphatic rings. The molecular weight excluding hydrogens is 1080 g/mol. The highest BCUT2D eigenvalue weighted by atomic mass is 79.9. The van der Waals surface area contributed by atoms with E-state index in [9.17, 15) is 29.7 Å². The lowest BCUT2D eigenvalue weighted by Gasteiger charge is -2.33. The summed E-state index contributed by atoms with van der Waals surface area (Å²) in [4.78, 5) is 49.3. The van der Waals surface area contributed by atoms with Crippen molar-refractivity contribution in [2.45, 2.75) is 42.4 Å². The summed E-state index contributed by atoms with van der Waals surface area (Å²) in [6.45, 7) is -0.963. The van der Waals surface area contributed by atoms with Crippen LogP contribution in [0.5, 0.6) is 5.75 Å². The number of benzene rings is 1. The zero-order chi connectivity index (χ0) is 38.1. The third-order valence-corrected chi connectivity index (χ3v) is 12.1. The second kappa shape index (κ2) is 16.7. The molecule has 0 aromatic heterocycles. The number of carbonyl (C=O) groups is 3. The van der Waals surface area contributed by atoms with Gasteiger partial charge in [0, 0.05) is 19.4 Å². The number of nitrogens with one attached hydrogen (secondary N) is 2. The zero-order valence-electron chi connectivity index (χ0n) is 26.8. The van der Waals surface area contributed by atoms with Crippen molar-refractivity contribution in [3.63, 3.8) is 0 Å². The Labute approximate surface area is 346 Å². The number of ether oxygens (including phenoxy) is 3. The largest absolute Gasteiger partial charge is 0.495 e. The molecule has 0 bridgehead atoms. The van der Waals surface area contributed by atoms with Crippen LogP contribution in [0.2, 0.25) is 0 Å². The third-order valence-electron chi connectivity index (χ3n) is 8.17. The van der Waals surface area contributed by atoms with E-state index in [1.165, 1.54) is 14.2 Å². The molecule has 21 heteroatoms. The minimum absolute atomic E-state index is 0.0181. The number of methoxy groups -OCH3 is 2. The standard InChI is InChI=1S/C31H28Br6N4O11/c1-48-24-16(34)5-30(26(44)21(24)36)7-18(40-51-30)28(46)38-9-13(42)11-50-23-14(32)3-12(4-15(23)33)20(43)10-39-29(47)19-8-31(52-41-19)6-17(35)25(49-2)22(37)27(31)45/h3-6,20,26-27,43-45H,7-11H2,1-2H3,(H,38,46)(H,39,47)/t20?,26-,27+,30+,31-/m0/s1. The second-order valence-electron chi connectivity index (χ2n) is 11.6. The molecule has 2 amide bonds. The number of rotatable bonds is 12. The molecule has 2 spiro atoms. The summed E-state index contributed by atoms with van der Waals surface area (Å²) >= 11 is 20.1. The van der Waals surface area contributed by atoms with Crippen molar-refractivity contribution in [2.24, 2.45) is 10.3 Å². The van der Waals surface area contributed by atoms with Crippen LogP contribution in [-0.4, -0.2) is 102 Å². The highest BCUT2D eigenvalue weighted by Crippen LogP contribution is 2.45. The molecule has 0 saturated carbocycles. The van der Waals surface area contributed by atoms with Crippen LogP contribution in [0, 0.1) is 0 Å². The highest BCUT2D eigenvalue weighted by molar-refractivity contribution is 9.12. The van der Waals surface area contributed by atoms with E-state index in [1.807, 2.05) is 0 Å². The number of aliphatic hydroxyl groups is 3. The lowest BCUT2D eigenvalue weighted by Crippen LogP contribution is -2.45. The summed E-state index contributed by atoms with van der Waals surface area (Å²) in [5.74, 6) is -0.687. The van der Waals surface area contributed by atoms with E-state index in [-0.39, 0.29) is 43.1 Å². The molecule has 0 radical (unpaired) electrons. The number of Topliss-reactive ketones (excluding diaryl/α,β-unsaturated/α-hetero) is 1. The first-order chi connectivity index (χ1) is 24.6. The number of hydrogen-bond donors (Lipinski definition) is 5. The Balaban J connectivity index is 1.09. The minimum atomic E-state index is -1.34. The van der Waals surface area contributed by atoms with Crippen molar-refractivity contribution in [1.82, 2.24) is 10.6 Å². The Morgan fingerprint density at radius 2 is 1.31 bits per heavy atom. The Morgan fingerprint density at radius 1 is 0.846 bits per heavy atom. The lowest BCUT2D eigenvalue weighted by atomic mass is 9.87. The van der Waals surface area contributed by atoms with Crippen molar-refractivity contribution >= 4 is 125 Å². The Kier molecular flexibility index (Phi) is 13.2. The van der Waals surface area contributed by atoms with E-state index in [0.717, 1.165) is 0 Å². The first kappa shape index (κ1) is 41.1. The van der Waals surface area contributed by atoms with E-state index < -0.39 is 53.7 Å². The molecule has 5 N–H and O–H groups in total. The molecule has 1 aromatic carbocycles. The van der Waals surface area contributed by atoms with Gasteiger partial charge >= 0.3 is 0 Å². The van der Waals surface area contributed by atoms with Gasteiger partial charge in [-0.1, -0.05) is 10.3 Å². The van der Waals surface area contributed by atoms with Gasteiger partial charge < -0.3 is 49.8 Å². The predicted octanol–water partition coefficient (Wildman–Crippen LogP) is 4.27. The van der Waals surface area contributed by atoms with E-state index in [2.05, 4.69) is 117 Å². The van der Waals surface area contributed by atoms with E-state index in [0.29, 0.717) is 44.0 Å². The van der Waals surface area contributed by atoms with E-state index >= 15 is 0 Å². The number of halogens is 6. The first-order valence-corrected chi connectivity index (χ1v) is 19.7. The van der Waals surface area contributed by atoms with Crippen LogP contribution in [-0.2, 0) is 33.5 Å². The summed E-state index contributed by atoms with van der Waals surface area (Å²) < 4.78 is 18.7. The molecule has 1 aromatic rings. The Hall–Kier alpha value is -2.11. The van der Waals surface area contributed by atoms with Crippen molar-refractivity contribution in [3.8, 4) is 5.75 Å². The number of ketones is 1. The molecule has 2 aliphatic carbocycles. The van der Waals surface area contributed by atoms with Gasteiger partial charge in [0.2, 0.25) is 0 Å². The molecule has 52 heavy (non-hydrogen) atoms. The maximum atomic E-state index is 12.9. The van der Waals surface area contributed by atoms with Crippen LogP contribution in [0.25, 0.3) is 0 Å². The number of carbonyl (C=O) groups excluding carboxylic acids is 3. The van der Waals surface area contributed by atoms with Crippen molar-refractivity contribution in [1.29, 1.82) is 0 Å². The molecule has 2 aliphatic heterocycles. The van der Waals surface area contributed by atoms with Gasteiger partial charge in [-0.2, -0.15) is 0 Å². The fourth-order valence-corrected chi connectivity index (χ4v) is 10.5. The van der Waals surface area contributed by atoms with Gasteiger partial charge in [0.1, 0.15) is 47.5 Å². The number of aliphatic hydroxyl groups excluding tert-OH is 3. The van der Waals surface area contributed by atoms with Gasteiger partial charge in [0.25, 0.3) is 11.8 Å². The SMILES string of the molecule is COC1=C(Br)[C@@H](O)[C@]2(C=C1Br)CC(C(=O)NCC(O)c1cc(Br)c(OCC(=O)CNC(=O)C3=NO[C@]4(C=C(Br)C(OC)=C(Br)[C@@H]4O)C3)c(Br)c1)=NO2. The number of nitrogens with zero attached hydrogens (tertiary/aromatic N) is 2. The normalized spacial score (nSPS) is 25.8. The van der Waals surface area contributed by atoms with Gasteiger partial charge in [-0.25, -0.2) is 0 Å². The molecule has 280 valence electrons. The number of amides is 2. The van der Waals surface area contributed by atoms with Crippen LogP contribution in [0.4, 0.5) is 0 Å². The van der Waals surface area contributed by atoms with Crippen LogP contribution in [0.15, 0.2) is 73.0 Å². The molecule has 5 rings (SSSR count). The zero-order valence-corrected chi connectivity index (χ0v) is 36.4. The molecule has 0 saturated heterocycles. The molecule has 1 unspecified atom stereocenters. The average molecular weight is 1110 g/mol. The van der Waals surface area contributed by atoms with Crippen molar-refractivity contribution < 1.29 is 53.6 Å². The summed E-state index contributed by atoms with van der Waals surface area (Å²) in [5.41, 5.74) is -2.26. The van der Waals surface area contributed by atoms with Crippen LogP contribution in [0.3, 0.4) is 0 Å². The number of oxime groups is 2. The second-order valence-corrected chi connectivity index (χ2v) is 16.7. The summed E-state index contributed by atoms with van der Waals surface area (Å²) in [6, 6.07) is 3.13. The Morgan fingerprint density at radius 3 is 1.77 bits per heavy atom. The number of allylic oxidation sites excluding steroid dienone is 2. The summed E-state index contributed by atoms with van der Waals surface area (Å²) in [7, 11) is 2.90. The smallest absolute Gasteiger partial charge is 0.269 e. The minimum Gasteiger partial charge on any atom is -0.495 e. The highest BCUT2D eigenvalue weighted by Gasteiger charge is 2.52. The quantitative estimate of drug-likeness (QED) is 0.200. The van der Waals surface area contributed by atoms with Gasteiger partial charge in [0.05, 0.1) is 53.7 Å². The number of hydrogen-bond acceptors (Lipinski definition) is 13. The van der Waals surface area contributed by atoms with Gasteiger partial charge in [-0.05, 0) is 125 Å². The van der Waals surface area contributed by atoms with Crippen molar-refractivity contribution in [3.05, 3.63) is 68.2 Å². The maximum Gasteiger partial charge on any atom is 0.269 e. The molecule has 0 fully saturated rings. The Bertz CT molecular complexity index is 1860. The van der Waals surface area contributed by atoms with Crippen LogP contribution >= 0.6 is 95.6 Å². The van der Waals surface area contributed by atoms with E-state index in [1.54, 1.807) is 24.3 Å². The maximum absolute atomic E-state index is 12.9. The van der Waals surface area contributed by atoms with Gasteiger partial charge in [0.15, 0.2) is 17.0 Å². The topological polar surface area (TPSA) is 207 Å². The van der Waals surface area contributed by atoms with Crippen LogP contribution < -0.4 is 15.4 Å². The van der Waals surface area contributed by atoms with Gasteiger partial charge in [-0.15, -0.1) is 0 Å². The van der Waals surface area contributed by atoms with Crippen molar-refractivity contribution in [2.75, 3.05) is 33.9 Å². The monoisotopic (exact) mass is 1110 g/mol. The fourth-order valence-electron chi connectivity index (χ4n) is 5.44. The molecule has 2 heterocycles. The molecular formula is C31H28Br6N4O11. The predicted molar refractivity (Wildman–Crippen MR) is 207 cm³/mol. The third kappa shape index (κ3) is 8.26. The van der Waals surface area contributed by atoms with Crippen LogP contribution in [0.1, 0.15) is 24.5 Å². The fraction of sp³-hybridized carbons (Fsp3) is 0.387. The first-order valence-electron chi connectivity index (χ1n) is 14.9. The van der Waals surface area contributed by atoms with E-state index in [4.69, 9.17) is 23.9 Å². The summed E-state index contributed by atoms with van der Waals surface area (Å²) in [5, 5.41) is 45.3. The average Bonchev–Trinajstić information content (AvgIpc) is 3.73. The summed E-state index contributed by atoms with van der Waals surface area (Å²) in [6.07, 6.45) is -0.507. The molecule has 5 atom stereocenters. The molecule has 15 nitrogen and oxygen atoms in total. The lowest BCUT2D eigenvalue weighted by molar-refractivity contribution is -0.123.